The number of rotatable bonds is 6. The molecule has 4 aromatic rings. The lowest BCUT2D eigenvalue weighted by Gasteiger charge is -2.03. The smallest absolute Gasteiger partial charge is 0.164 e. The number of fused-ring (bicyclic) bond motifs is 2. The fourth-order valence-corrected chi connectivity index (χ4v) is 3.10. The van der Waals surface area contributed by atoms with Crippen molar-refractivity contribution in [2.45, 2.75) is 20.1 Å². The molecule has 0 spiro atoms. The molecule has 26 heavy (non-hydrogen) atoms. The summed E-state index contributed by atoms with van der Waals surface area (Å²) < 4.78 is 7.37. The molecule has 0 bridgehead atoms. The number of ether oxygens (including phenoxy) is 1. The van der Waals surface area contributed by atoms with Gasteiger partial charge < -0.3 is 15.5 Å². The number of hydrogen-bond acceptors (Lipinski definition) is 6. The Labute approximate surface area is 150 Å². The third-order valence-corrected chi connectivity index (χ3v) is 4.32. The Kier molecular flexibility index (Phi) is 4.27. The molecule has 4 N–H and O–H groups in total. The zero-order chi connectivity index (χ0) is 18.1. The van der Waals surface area contributed by atoms with E-state index >= 15 is 0 Å². The minimum absolute atomic E-state index is 0.435. The van der Waals surface area contributed by atoms with Gasteiger partial charge in [0.05, 0.1) is 24.4 Å². The highest BCUT2D eigenvalue weighted by molar-refractivity contribution is 5.99. The first-order chi connectivity index (χ1) is 12.7. The van der Waals surface area contributed by atoms with Gasteiger partial charge in [0.2, 0.25) is 0 Å². The summed E-state index contributed by atoms with van der Waals surface area (Å²) in [6.45, 7) is 3.81. The molecule has 0 aliphatic rings. The lowest BCUT2D eigenvalue weighted by molar-refractivity contribution is 0.109. The molecule has 0 aliphatic heterocycles. The molecule has 1 aromatic carbocycles. The number of benzene rings is 1. The predicted octanol–water partition coefficient (Wildman–Crippen LogP) is 2.27. The quantitative estimate of drug-likeness (QED) is 0.363. The van der Waals surface area contributed by atoms with Crippen LogP contribution < -0.4 is 11.1 Å². The zero-order valence-corrected chi connectivity index (χ0v) is 14.8. The van der Waals surface area contributed by atoms with Crippen LogP contribution in [0.2, 0.25) is 0 Å². The van der Waals surface area contributed by atoms with Crippen molar-refractivity contribution in [3.8, 4) is 11.4 Å². The van der Waals surface area contributed by atoms with Crippen molar-refractivity contribution >= 4 is 27.8 Å². The highest BCUT2D eigenvalue weighted by Gasteiger charge is 2.17. The fraction of sp³-hybridized carbons (Fsp3) is 0.278. The normalized spacial score (nSPS) is 11.6. The average molecular weight is 351 g/mol. The molecule has 0 radical (unpaired) electrons. The summed E-state index contributed by atoms with van der Waals surface area (Å²) in [6.07, 6.45) is 1.47. The molecule has 0 saturated heterocycles. The van der Waals surface area contributed by atoms with E-state index < -0.39 is 0 Å². The summed E-state index contributed by atoms with van der Waals surface area (Å²) in [5.74, 6) is 0.435. The highest BCUT2D eigenvalue weighted by Crippen LogP contribution is 2.31. The molecule has 0 atom stereocenters. The maximum absolute atomic E-state index is 6.11. The maximum atomic E-state index is 6.11. The Hall–Kier alpha value is -2.97. The number of H-pyrrole nitrogens is 1. The van der Waals surface area contributed by atoms with Crippen molar-refractivity contribution in [2.75, 3.05) is 19.5 Å². The molecular weight excluding hydrogens is 330 g/mol. The molecule has 0 amide bonds. The number of nitrogens with two attached hydrogens (primary N) is 1. The van der Waals surface area contributed by atoms with Crippen molar-refractivity contribution in [3.05, 3.63) is 36.2 Å². The summed E-state index contributed by atoms with van der Waals surface area (Å²) in [5, 5.41) is 9.53. The second-order valence-electron chi connectivity index (χ2n) is 6.07. The van der Waals surface area contributed by atoms with E-state index in [0.717, 1.165) is 38.9 Å². The largest absolute Gasteiger partial charge is 0.383 e. The standard InChI is InChI=1S/C18H21N7O/c1-3-25-18-15(17(19)21-9-22-18)16(24-25)14-7-12-5-4-11(6-13(12)23-14)8-26-10-20-2/h4-7,9,20,23H,3,8,10H2,1-2H3,(H2,19,21,22). The van der Waals surface area contributed by atoms with Gasteiger partial charge in [-0.1, -0.05) is 12.1 Å². The topological polar surface area (TPSA) is 107 Å². The van der Waals surface area contributed by atoms with Crippen LogP contribution in [0.15, 0.2) is 30.6 Å². The van der Waals surface area contributed by atoms with Gasteiger partial charge in [-0.3, -0.25) is 5.32 Å². The summed E-state index contributed by atoms with van der Waals surface area (Å²) in [4.78, 5) is 11.9. The van der Waals surface area contributed by atoms with Crippen LogP contribution in [-0.2, 0) is 17.9 Å². The van der Waals surface area contributed by atoms with Crippen LogP contribution >= 0.6 is 0 Å². The molecule has 8 nitrogen and oxygen atoms in total. The molecule has 0 fully saturated rings. The van der Waals surface area contributed by atoms with Gasteiger partial charge in [-0.15, -0.1) is 0 Å². The first kappa shape index (κ1) is 16.5. The third-order valence-electron chi connectivity index (χ3n) is 4.32. The van der Waals surface area contributed by atoms with Crippen molar-refractivity contribution in [1.82, 2.24) is 30.0 Å². The molecule has 0 unspecified atom stereocenters. The SMILES string of the molecule is CCn1nc(-c2cc3ccc(COCNC)cc3[nH]2)c2c(N)ncnc21. The molecule has 0 saturated carbocycles. The fourth-order valence-electron chi connectivity index (χ4n) is 3.10. The van der Waals surface area contributed by atoms with Gasteiger partial charge in [-0.05, 0) is 31.7 Å². The Morgan fingerprint density at radius 3 is 2.96 bits per heavy atom. The molecular formula is C18H21N7O. The van der Waals surface area contributed by atoms with Crippen molar-refractivity contribution < 1.29 is 4.74 Å². The molecule has 3 heterocycles. The molecule has 4 rings (SSSR count). The van der Waals surface area contributed by atoms with Crippen LogP contribution in [0.25, 0.3) is 33.3 Å². The number of nitrogen functional groups attached to an aromatic ring is 1. The first-order valence-electron chi connectivity index (χ1n) is 8.52. The minimum atomic E-state index is 0.435. The van der Waals surface area contributed by atoms with Gasteiger partial charge in [0, 0.05) is 17.4 Å². The molecule has 8 heteroatoms. The van der Waals surface area contributed by atoms with Crippen LogP contribution in [0.3, 0.4) is 0 Å². The Balaban J connectivity index is 1.78. The summed E-state index contributed by atoms with van der Waals surface area (Å²) in [7, 11) is 1.86. The van der Waals surface area contributed by atoms with Crippen molar-refractivity contribution in [1.29, 1.82) is 0 Å². The van der Waals surface area contributed by atoms with Crippen LogP contribution in [0.5, 0.6) is 0 Å². The number of anilines is 1. The predicted molar refractivity (Wildman–Crippen MR) is 101 cm³/mol. The van der Waals surface area contributed by atoms with Gasteiger partial charge >= 0.3 is 0 Å². The van der Waals surface area contributed by atoms with Crippen LogP contribution in [-0.4, -0.2) is 38.5 Å². The second kappa shape index (κ2) is 6.74. The van der Waals surface area contributed by atoms with E-state index in [2.05, 4.69) is 49.6 Å². The van der Waals surface area contributed by atoms with Crippen LogP contribution in [0.4, 0.5) is 5.82 Å². The molecule has 3 aromatic heterocycles. The Bertz CT molecular complexity index is 1070. The van der Waals surface area contributed by atoms with E-state index in [9.17, 15) is 0 Å². The molecule has 0 aliphatic carbocycles. The zero-order valence-electron chi connectivity index (χ0n) is 14.8. The number of hydrogen-bond donors (Lipinski definition) is 3. The van der Waals surface area contributed by atoms with Gasteiger partial charge in [-0.25, -0.2) is 14.6 Å². The van der Waals surface area contributed by atoms with Crippen LogP contribution in [0, 0.1) is 0 Å². The van der Waals surface area contributed by atoms with E-state index in [4.69, 9.17) is 10.5 Å². The van der Waals surface area contributed by atoms with E-state index in [0.29, 0.717) is 25.7 Å². The number of aryl methyl sites for hydroxylation is 1. The maximum Gasteiger partial charge on any atom is 0.164 e. The van der Waals surface area contributed by atoms with E-state index in [-0.39, 0.29) is 0 Å². The lowest BCUT2D eigenvalue weighted by Crippen LogP contribution is -2.11. The van der Waals surface area contributed by atoms with Gasteiger partial charge in [0.15, 0.2) is 5.65 Å². The van der Waals surface area contributed by atoms with Gasteiger partial charge in [0.25, 0.3) is 0 Å². The van der Waals surface area contributed by atoms with Crippen molar-refractivity contribution in [3.63, 3.8) is 0 Å². The minimum Gasteiger partial charge on any atom is -0.383 e. The van der Waals surface area contributed by atoms with E-state index in [1.54, 1.807) is 0 Å². The number of nitrogens with zero attached hydrogens (tertiary/aromatic N) is 4. The molecule has 134 valence electrons. The van der Waals surface area contributed by atoms with Gasteiger partial charge in [-0.2, -0.15) is 5.10 Å². The monoisotopic (exact) mass is 351 g/mol. The Morgan fingerprint density at radius 1 is 1.27 bits per heavy atom. The number of aromatic nitrogens is 5. The van der Waals surface area contributed by atoms with Crippen LogP contribution in [0.1, 0.15) is 12.5 Å². The average Bonchev–Trinajstić information content (AvgIpc) is 3.23. The number of aromatic amines is 1. The number of nitrogens with one attached hydrogen (secondary N) is 2. The summed E-state index contributed by atoms with van der Waals surface area (Å²) >= 11 is 0. The first-order valence-corrected chi connectivity index (χ1v) is 8.52. The van der Waals surface area contributed by atoms with E-state index in [1.165, 1.54) is 6.33 Å². The second-order valence-corrected chi connectivity index (χ2v) is 6.07. The summed E-state index contributed by atoms with van der Waals surface area (Å²) in [6, 6.07) is 8.30. The lowest BCUT2D eigenvalue weighted by atomic mass is 10.1. The highest BCUT2D eigenvalue weighted by atomic mass is 16.5. The third kappa shape index (κ3) is 2.79. The van der Waals surface area contributed by atoms with Crippen molar-refractivity contribution in [2.24, 2.45) is 0 Å². The summed E-state index contributed by atoms with van der Waals surface area (Å²) in [5.41, 5.74) is 10.6. The van der Waals surface area contributed by atoms with Gasteiger partial charge in [0.1, 0.15) is 17.8 Å². The van der Waals surface area contributed by atoms with E-state index in [1.807, 2.05) is 18.7 Å². The Morgan fingerprint density at radius 2 is 2.15 bits per heavy atom.